The lowest BCUT2D eigenvalue weighted by molar-refractivity contribution is -0.113. The standard InChI is InChI=1S/C20H17N5OS/c1-14-7-5-6-10-16(14)21-19(26)13-27-20-23-22-18-12-11-17(24-25(18)20)15-8-3-2-4-9-15/h2-12H,13H2,1H3,(H,21,26). The van der Waals surface area contributed by atoms with Gasteiger partial charge < -0.3 is 5.32 Å². The van der Waals surface area contributed by atoms with E-state index in [0.29, 0.717) is 10.8 Å². The molecule has 0 atom stereocenters. The summed E-state index contributed by atoms with van der Waals surface area (Å²) in [6.45, 7) is 1.96. The molecule has 0 bridgehead atoms. The number of hydrogen-bond acceptors (Lipinski definition) is 5. The molecule has 0 aliphatic rings. The van der Waals surface area contributed by atoms with Crippen molar-refractivity contribution in [2.45, 2.75) is 12.1 Å². The molecule has 0 fully saturated rings. The largest absolute Gasteiger partial charge is 0.325 e. The molecule has 6 nitrogen and oxygen atoms in total. The molecule has 0 radical (unpaired) electrons. The van der Waals surface area contributed by atoms with E-state index >= 15 is 0 Å². The maximum absolute atomic E-state index is 12.3. The van der Waals surface area contributed by atoms with E-state index in [1.165, 1.54) is 11.8 Å². The Bertz CT molecular complexity index is 1090. The number of aromatic nitrogens is 4. The highest BCUT2D eigenvalue weighted by Crippen LogP contribution is 2.21. The number of anilines is 1. The smallest absolute Gasteiger partial charge is 0.234 e. The lowest BCUT2D eigenvalue weighted by Crippen LogP contribution is -2.15. The first-order valence-corrected chi connectivity index (χ1v) is 9.45. The number of rotatable bonds is 5. The minimum atomic E-state index is -0.0923. The SMILES string of the molecule is Cc1ccccc1NC(=O)CSc1nnc2ccc(-c3ccccc3)nn12. The van der Waals surface area contributed by atoms with Crippen molar-refractivity contribution in [3.8, 4) is 11.3 Å². The summed E-state index contributed by atoms with van der Waals surface area (Å²) < 4.78 is 1.67. The monoisotopic (exact) mass is 375 g/mol. The number of carbonyl (C=O) groups excluding carboxylic acids is 1. The minimum Gasteiger partial charge on any atom is -0.325 e. The molecule has 27 heavy (non-hydrogen) atoms. The number of carbonyl (C=O) groups is 1. The number of hydrogen-bond donors (Lipinski definition) is 1. The number of nitrogens with one attached hydrogen (secondary N) is 1. The van der Waals surface area contributed by atoms with Crippen molar-refractivity contribution in [3.05, 3.63) is 72.3 Å². The fraction of sp³-hybridized carbons (Fsp3) is 0.100. The van der Waals surface area contributed by atoms with Gasteiger partial charge in [0.2, 0.25) is 11.1 Å². The maximum Gasteiger partial charge on any atom is 0.234 e. The molecule has 4 aromatic rings. The van der Waals surface area contributed by atoms with Crippen LogP contribution in [-0.4, -0.2) is 31.5 Å². The molecule has 2 heterocycles. The fourth-order valence-electron chi connectivity index (χ4n) is 2.65. The summed E-state index contributed by atoms with van der Waals surface area (Å²) in [7, 11) is 0. The molecular formula is C20H17N5OS. The lowest BCUT2D eigenvalue weighted by Gasteiger charge is -2.07. The van der Waals surface area contributed by atoms with E-state index in [9.17, 15) is 4.79 Å². The van der Waals surface area contributed by atoms with Crippen LogP contribution in [0.1, 0.15) is 5.56 Å². The van der Waals surface area contributed by atoms with Crippen LogP contribution in [0.5, 0.6) is 0 Å². The first kappa shape index (κ1) is 17.2. The molecule has 1 N–H and O–H groups in total. The number of fused-ring (bicyclic) bond motifs is 1. The average molecular weight is 375 g/mol. The van der Waals surface area contributed by atoms with E-state index in [0.717, 1.165) is 22.5 Å². The summed E-state index contributed by atoms with van der Waals surface area (Å²) in [5.74, 6) is 0.136. The van der Waals surface area contributed by atoms with Crippen molar-refractivity contribution in [2.24, 2.45) is 0 Å². The molecule has 0 saturated heterocycles. The van der Waals surface area contributed by atoms with E-state index in [2.05, 4.69) is 20.6 Å². The van der Waals surface area contributed by atoms with Crippen molar-refractivity contribution in [1.29, 1.82) is 0 Å². The number of benzene rings is 2. The molecule has 2 aromatic heterocycles. The van der Waals surface area contributed by atoms with E-state index < -0.39 is 0 Å². The maximum atomic E-state index is 12.3. The second-order valence-electron chi connectivity index (χ2n) is 5.99. The lowest BCUT2D eigenvalue weighted by atomic mass is 10.1. The first-order chi connectivity index (χ1) is 13.2. The number of para-hydroxylation sites is 1. The number of thioether (sulfide) groups is 1. The Morgan fingerprint density at radius 2 is 1.78 bits per heavy atom. The zero-order chi connectivity index (χ0) is 18.6. The van der Waals surface area contributed by atoms with Crippen molar-refractivity contribution in [2.75, 3.05) is 11.1 Å². The first-order valence-electron chi connectivity index (χ1n) is 8.47. The molecular weight excluding hydrogens is 358 g/mol. The van der Waals surface area contributed by atoms with Crippen LogP contribution in [0.25, 0.3) is 16.9 Å². The molecule has 1 amide bonds. The average Bonchev–Trinajstić information content (AvgIpc) is 3.11. The van der Waals surface area contributed by atoms with Crippen LogP contribution in [0.2, 0.25) is 0 Å². The summed E-state index contributed by atoms with van der Waals surface area (Å²) in [5.41, 5.74) is 4.34. The number of amides is 1. The van der Waals surface area contributed by atoms with E-state index in [4.69, 9.17) is 0 Å². The van der Waals surface area contributed by atoms with Gasteiger partial charge in [0, 0.05) is 11.3 Å². The predicted octanol–water partition coefficient (Wildman–Crippen LogP) is 3.83. The molecule has 4 rings (SSSR count). The molecule has 2 aromatic carbocycles. The van der Waals surface area contributed by atoms with Gasteiger partial charge in [0.05, 0.1) is 11.4 Å². The van der Waals surface area contributed by atoms with Gasteiger partial charge in [-0.25, -0.2) is 0 Å². The van der Waals surface area contributed by atoms with Gasteiger partial charge in [-0.05, 0) is 30.7 Å². The summed E-state index contributed by atoms with van der Waals surface area (Å²) in [6.07, 6.45) is 0. The van der Waals surface area contributed by atoms with Gasteiger partial charge >= 0.3 is 0 Å². The van der Waals surface area contributed by atoms with Crippen molar-refractivity contribution < 1.29 is 4.79 Å². The van der Waals surface area contributed by atoms with E-state index in [1.54, 1.807) is 4.52 Å². The van der Waals surface area contributed by atoms with E-state index in [1.807, 2.05) is 73.7 Å². The quantitative estimate of drug-likeness (QED) is 0.537. The van der Waals surface area contributed by atoms with Crippen LogP contribution in [-0.2, 0) is 4.79 Å². The molecule has 134 valence electrons. The summed E-state index contributed by atoms with van der Waals surface area (Å²) >= 11 is 1.31. The molecule has 0 aliphatic carbocycles. The van der Waals surface area contributed by atoms with E-state index in [-0.39, 0.29) is 11.7 Å². The second-order valence-corrected chi connectivity index (χ2v) is 6.93. The highest BCUT2D eigenvalue weighted by Gasteiger charge is 2.12. The molecule has 0 aliphatic heterocycles. The van der Waals surface area contributed by atoms with Crippen LogP contribution in [0.15, 0.2) is 71.9 Å². The summed E-state index contributed by atoms with van der Waals surface area (Å²) in [4.78, 5) is 12.3. The van der Waals surface area contributed by atoms with Crippen LogP contribution in [0.4, 0.5) is 5.69 Å². The third-order valence-corrected chi connectivity index (χ3v) is 4.97. The number of aryl methyl sites for hydroxylation is 1. The Labute approximate surface area is 160 Å². The minimum absolute atomic E-state index is 0.0923. The Kier molecular flexibility index (Phi) is 4.84. The third kappa shape index (κ3) is 3.83. The Balaban J connectivity index is 1.50. The van der Waals surface area contributed by atoms with Gasteiger partial charge in [0.15, 0.2) is 5.65 Å². The zero-order valence-electron chi connectivity index (χ0n) is 14.7. The Morgan fingerprint density at radius 3 is 2.59 bits per heavy atom. The highest BCUT2D eigenvalue weighted by molar-refractivity contribution is 7.99. The second kappa shape index (κ2) is 7.59. The highest BCUT2D eigenvalue weighted by atomic mass is 32.2. The van der Waals surface area contributed by atoms with Gasteiger partial charge in [-0.3, -0.25) is 4.79 Å². The number of nitrogens with zero attached hydrogens (tertiary/aromatic N) is 4. The van der Waals surface area contributed by atoms with Gasteiger partial charge in [0.1, 0.15) is 0 Å². The normalized spacial score (nSPS) is 10.9. The molecule has 0 saturated carbocycles. The van der Waals surface area contributed by atoms with Crippen molar-refractivity contribution >= 4 is 29.0 Å². The third-order valence-electron chi connectivity index (χ3n) is 4.06. The summed E-state index contributed by atoms with van der Waals surface area (Å²) in [6, 6.07) is 21.4. The molecule has 7 heteroatoms. The topological polar surface area (TPSA) is 72.2 Å². The van der Waals surface area contributed by atoms with Crippen LogP contribution < -0.4 is 5.32 Å². The zero-order valence-corrected chi connectivity index (χ0v) is 15.5. The van der Waals surface area contributed by atoms with Gasteiger partial charge in [-0.15, -0.1) is 10.2 Å². The predicted molar refractivity (Wildman–Crippen MR) is 107 cm³/mol. The summed E-state index contributed by atoms with van der Waals surface area (Å²) in [5, 5.41) is 16.4. The van der Waals surface area contributed by atoms with Gasteiger partial charge in [0.25, 0.3) is 0 Å². The van der Waals surface area contributed by atoms with Crippen LogP contribution in [0, 0.1) is 6.92 Å². The fourth-order valence-corrected chi connectivity index (χ4v) is 3.34. The van der Waals surface area contributed by atoms with Crippen molar-refractivity contribution in [3.63, 3.8) is 0 Å². The Hall–Kier alpha value is -3.19. The van der Waals surface area contributed by atoms with Gasteiger partial charge in [-0.2, -0.15) is 9.61 Å². The van der Waals surface area contributed by atoms with Crippen LogP contribution in [0.3, 0.4) is 0 Å². The van der Waals surface area contributed by atoms with Crippen molar-refractivity contribution in [1.82, 2.24) is 19.8 Å². The van der Waals surface area contributed by atoms with Gasteiger partial charge in [-0.1, -0.05) is 60.3 Å². The molecule has 0 unspecified atom stereocenters. The Morgan fingerprint density at radius 1 is 1.00 bits per heavy atom. The molecule has 0 spiro atoms. The van der Waals surface area contributed by atoms with Crippen LogP contribution >= 0.6 is 11.8 Å².